The lowest BCUT2D eigenvalue weighted by Crippen LogP contribution is -2.39. The van der Waals surface area contributed by atoms with Gasteiger partial charge in [0.15, 0.2) is 0 Å². The lowest BCUT2D eigenvalue weighted by molar-refractivity contribution is -0.110. The van der Waals surface area contributed by atoms with Crippen molar-refractivity contribution in [2.24, 2.45) is 0 Å². The molecule has 0 aromatic heterocycles. The number of carbonyl (C=O) groups excluding carboxylic acids is 1. The number of nitrogens with one attached hydrogen (secondary N) is 1. The third-order valence-corrected chi connectivity index (χ3v) is 4.16. The largest absolute Gasteiger partial charge is 0.356 e. The summed E-state index contributed by atoms with van der Waals surface area (Å²) in [5.41, 5.74) is 0. The molecule has 1 aromatic carbocycles. The molecular formula is C12H15ClN2OS. The molecule has 0 aliphatic carbocycles. The molecule has 17 heavy (non-hydrogen) atoms. The van der Waals surface area contributed by atoms with Crippen LogP contribution in [0.15, 0.2) is 29.2 Å². The molecule has 92 valence electrons. The molecule has 0 spiro atoms. The first kappa shape index (κ1) is 12.7. The van der Waals surface area contributed by atoms with Gasteiger partial charge >= 0.3 is 0 Å². The zero-order valence-electron chi connectivity index (χ0n) is 9.43. The predicted octanol–water partition coefficient (Wildman–Crippen LogP) is 2.56. The third kappa shape index (κ3) is 3.91. The molecule has 1 saturated heterocycles. The Morgan fingerprint density at radius 3 is 2.53 bits per heavy atom. The van der Waals surface area contributed by atoms with Crippen molar-refractivity contribution in [2.75, 3.05) is 13.1 Å². The van der Waals surface area contributed by atoms with E-state index < -0.39 is 0 Å². The van der Waals surface area contributed by atoms with E-state index in [1.807, 2.05) is 24.3 Å². The van der Waals surface area contributed by atoms with Gasteiger partial charge in [-0.2, -0.15) is 0 Å². The monoisotopic (exact) mass is 270 g/mol. The number of halogens is 1. The minimum atomic E-state index is 0.342. The number of rotatable bonds is 4. The molecule has 0 radical (unpaired) electrons. The summed E-state index contributed by atoms with van der Waals surface area (Å²) < 4.78 is 2.33. The summed E-state index contributed by atoms with van der Waals surface area (Å²) in [5.74, 6) is 0. The minimum absolute atomic E-state index is 0.342. The van der Waals surface area contributed by atoms with E-state index in [2.05, 4.69) is 9.62 Å². The van der Waals surface area contributed by atoms with E-state index in [0.717, 1.165) is 37.4 Å². The van der Waals surface area contributed by atoms with E-state index in [-0.39, 0.29) is 0 Å². The summed E-state index contributed by atoms with van der Waals surface area (Å²) in [4.78, 5) is 11.5. The average Bonchev–Trinajstić information content (AvgIpc) is 2.35. The first-order valence-corrected chi connectivity index (χ1v) is 6.81. The predicted molar refractivity (Wildman–Crippen MR) is 71.1 cm³/mol. The SMILES string of the molecule is O=CNC1CCN(Sc2ccc(Cl)cc2)CC1. The smallest absolute Gasteiger partial charge is 0.207 e. The van der Waals surface area contributed by atoms with E-state index in [1.165, 1.54) is 4.90 Å². The van der Waals surface area contributed by atoms with Crippen molar-refractivity contribution in [1.82, 2.24) is 9.62 Å². The number of benzene rings is 1. The molecule has 0 saturated carbocycles. The van der Waals surface area contributed by atoms with Gasteiger partial charge in [0.1, 0.15) is 0 Å². The molecule has 1 aromatic rings. The van der Waals surface area contributed by atoms with Gasteiger partial charge in [0.25, 0.3) is 0 Å². The van der Waals surface area contributed by atoms with Crippen LogP contribution >= 0.6 is 23.5 Å². The highest BCUT2D eigenvalue weighted by molar-refractivity contribution is 7.97. The average molecular weight is 271 g/mol. The van der Waals surface area contributed by atoms with Crippen LogP contribution in [-0.2, 0) is 4.79 Å². The Balaban J connectivity index is 1.81. The van der Waals surface area contributed by atoms with Crippen LogP contribution in [0.2, 0.25) is 5.02 Å². The number of hydrogen-bond acceptors (Lipinski definition) is 3. The number of nitrogens with zero attached hydrogens (tertiary/aromatic N) is 1. The highest BCUT2D eigenvalue weighted by Crippen LogP contribution is 2.27. The fourth-order valence-corrected chi connectivity index (χ4v) is 2.93. The van der Waals surface area contributed by atoms with Gasteiger partial charge in [-0.1, -0.05) is 11.6 Å². The van der Waals surface area contributed by atoms with Gasteiger partial charge in [0, 0.05) is 29.0 Å². The van der Waals surface area contributed by atoms with Crippen LogP contribution in [-0.4, -0.2) is 29.8 Å². The Kier molecular flexibility index (Phi) is 4.71. The Labute approximate surface area is 111 Å². The number of piperidine rings is 1. The van der Waals surface area contributed by atoms with Crippen LogP contribution in [0.25, 0.3) is 0 Å². The lowest BCUT2D eigenvalue weighted by atomic mass is 10.1. The molecule has 2 rings (SSSR count). The number of carbonyl (C=O) groups is 1. The maximum absolute atomic E-state index is 10.3. The molecule has 1 fully saturated rings. The second-order valence-electron chi connectivity index (χ2n) is 4.03. The molecule has 1 amide bonds. The number of hydrogen-bond donors (Lipinski definition) is 1. The summed E-state index contributed by atoms with van der Waals surface area (Å²) >= 11 is 7.60. The summed E-state index contributed by atoms with van der Waals surface area (Å²) in [6.45, 7) is 2.00. The summed E-state index contributed by atoms with van der Waals surface area (Å²) in [7, 11) is 0. The highest BCUT2D eigenvalue weighted by atomic mass is 35.5. The molecule has 0 unspecified atom stereocenters. The van der Waals surface area contributed by atoms with Crippen LogP contribution < -0.4 is 5.32 Å². The Morgan fingerprint density at radius 2 is 1.94 bits per heavy atom. The quantitative estimate of drug-likeness (QED) is 0.674. The van der Waals surface area contributed by atoms with Crippen LogP contribution in [0, 0.1) is 0 Å². The van der Waals surface area contributed by atoms with Gasteiger partial charge in [0.2, 0.25) is 6.41 Å². The van der Waals surface area contributed by atoms with Crippen LogP contribution in [0.5, 0.6) is 0 Å². The van der Waals surface area contributed by atoms with Gasteiger partial charge in [-0.05, 0) is 49.1 Å². The fourth-order valence-electron chi connectivity index (χ4n) is 1.85. The van der Waals surface area contributed by atoms with Crippen molar-refractivity contribution >= 4 is 30.0 Å². The van der Waals surface area contributed by atoms with Crippen molar-refractivity contribution in [3.05, 3.63) is 29.3 Å². The van der Waals surface area contributed by atoms with Crippen LogP contribution in [0.4, 0.5) is 0 Å². The van der Waals surface area contributed by atoms with Gasteiger partial charge in [0.05, 0.1) is 0 Å². The maximum Gasteiger partial charge on any atom is 0.207 e. The lowest BCUT2D eigenvalue weighted by Gasteiger charge is -2.30. The van der Waals surface area contributed by atoms with Crippen LogP contribution in [0.1, 0.15) is 12.8 Å². The van der Waals surface area contributed by atoms with Gasteiger partial charge in [-0.3, -0.25) is 4.79 Å². The van der Waals surface area contributed by atoms with Crippen LogP contribution in [0.3, 0.4) is 0 Å². The molecule has 5 heteroatoms. The van der Waals surface area contributed by atoms with Crippen molar-refractivity contribution in [1.29, 1.82) is 0 Å². The molecule has 1 aliphatic rings. The topological polar surface area (TPSA) is 32.3 Å². The van der Waals surface area contributed by atoms with Crippen molar-refractivity contribution in [2.45, 2.75) is 23.8 Å². The summed E-state index contributed by atoms with van der Waals surface area (Å²) in [5, 5.41) is 3.61. The van der Waals surface area contributed by atoms with Crippen molar-refractivity contribution < 1.29 is 4.79 Å². The molecule has 3 nitrogen and oxygen atoms in total. The van der Waals surface area contributed by atoms with E-state index in [1.54, 1.807) is 11.9 Å². The highest BCUT2D eigenvalue weighted by Gasteiger charge is 2.18. The summed E-state index contributed by atoms with van der Waals surface area (Å²) in [6.07, 6.45) is 2.82. The molecule has 1 N–H and O–H groups in total. The minimum Gasteiger partial charge on any atom is -0.356 e. The Hall–Kier alpha value is -0.710. The second kappa shape index (κ2) is 6.28. The van der Waals surface area contributed by atoms with E-state index in [4.69, 9.17) is 11.6 Å². The molecule has 1 heterocycles. The molecular weight excluding hydrogens is 256 g/mol. The van der Waals surface area contributed by atoms with Gasteiger partial charge in [-0.15, -0.1) is 0 Å². The van der Waals surface area contributed by atoms with E-state index in [9.17, 15) is 4.79 Å². The van der Waals surface area contributed by atoms with E-state index >= 15 is 0 Å². The number of amides is 1. The normalized spacial score (nSPS) is 17.9. The zero-order valence-corrected chi connectivity index (χ0v) is 11.0. The van der Waals surface area contributed by atoms with Crippen molar-refractivity contribution in [3.63, 3.8) is 0 Å². The third-order valence-electron chi connectivity index (χ3n) is 2.81. The molecule has 0 atom stereocenters. The Bertz CT molecular complexity index is 363. The van der Waals surface area contributed by atoms with Crippen molar-refractivity contribution in [3.8, 4) is 0 Å². The van der Waals surface area contributed by atoms with Gasteiger partial charge in [-0.25, -0.2) is 4.31 Å². The zero-order chi connectivity index (χ0) is 12.1. The second-order valence-corrected chi connectivity index (χ2v) is 5.64. The summed E-state index contributed by atoms with van der Waals surface area (Å²) in [6, 6.07) is 8.22. The van der Waals surface area contributed by atoms with Gasteiger partial charge < -0.3 is 5.32 Å². The molecule has 1 aliphatic heterocycles. The first-order chi connectivity index (χ1) is 8.28. The first-order valence-electron chi connectivity index (χ1n) is 5.66. The Morgan fingerprint density at radius 1 is 1.29 bits per heavy atom. The van der Waals surface area contributed by atoms with E-state index in [0.29, 0.717) is 6.04 Å². The molecule has 0 bridgehead atoms. The maximum atomic E-state index is 10.3. The standard InChI is InChI=1S/C12H15ClN2OS/c13-10-1-3-12(4-2-10)17-15-7-5-11(6-8-15)14-9-16/h1-4,9,11H,5-8H2,(H,14,16). The fraction of sp³-hybridized carbons (Fsp3) is 0.417.